The van der Waals surface area contributed by atoms with E-state index in [1.807, 2.05) is 6.07 Å². The molecule has 1 saturated heterocycles. The first-order chi connectivity index (χ1) is 15.8. The molecule has 1 aliphatic rings. The summed E-state index contributed by atoms with van der Waals surface area (Å²) >= 11 is 2.29. The first kappa shape index (κ1) is 23.6. The Kier molecular flexibility index (Phi) is 7.24. The minimum atomic E-state index is -3.61. The maximum atomic E-state index is 12.7. The number of thiophene rings is 1. The lowest BCUT2D eigenvalue weighted by molar-refractivity contribution is -0.146. The predicted octanol–water partition coefficient (Wildman–Crippen LogP) is 2.11. The molecule has 0 radical (unpaired) electrons. The molecule has 3 heterocycles. The van der Waals surface area contributed by atoms with Crippen molar-refractivity contribution in [2.75, 3.05) is 45.3 Å². The van der Waals surface area contributed by atoms with Crippen molar-refractivity contribution in [3.63, 3.8) is 0 Å². The number of carbonyl (C=O) groups excluding carboxylic acids is 2. The van der Waals surface area contributed by atoms with Crippen molar-refractivity contribution in [2.45, 2.75) is 10.6 Å². The van der Waals surface area contributed by atoms with E-state index in [-0.39, 0.29) is 10.6 Å². The van der Waals surface area contributed by atoms with Gasteiger partial charge in [-0.25, -0.2) is 13.4 Å². The summed E-state index contributed by atoms with van der Waals surface area (Å²) in [6, 6.07) is 8.44. The van der Waals surface area contributed by atoms with Gasteiger partial charge in [0, 0.05) is 18.0 Å². The maximum absolute atomic E-state index is 12.7. The Morgan fingerprint density at radius 1 is 1.18 bits per heavy atom. The van der Waals surface area contributed by atoms with Crippen molar-refractivity contribution in [3.8, 4) is 5.75 Å². The second-order valence-corrected chi connectivity index (χ2v) is 11.3. The van der Waals surface area contributed by atoms with Crippen LogP contribution in [0.4, 0.5) is 5.13 Å². The summed E-state index contributed by atoms with van der Waals surface area (Å²) in [6.07, 6.45) is -0.127. The monoisotopic (exact) mass is 511 g/mol. The number of hydrogen-bond acceptors (Lipinski definition) is 10. The molecule has 0 unspecified atom stereocenters. The molecule has 13 heteroatoms. The molecular formula is C20H21N3O7S3. The average molecular weight is 512 g/mol. The van der Waals surface area contributed by atoms with Gasteiger partial charge in [0.15, 0.2) is 11.7 Å². The number of amides is 1. The van der Waals surface area contributed by atoms with Gasteiger partial charge in [-0.05, 0) is 30.3 Å². The fraction of sp³-hybridized carbons (Fsp3) is 0.350. The fourth-order valence-corrected chi connectivity index (χ4v) is 6.90. The topological polar surface area (TPSA) is 124 Å². The van der Waals surface area contributed by atoms with Gasteiger partial charge < -0.3 is 14.2 Å². The number of carbonyl (C=O) groups is 2. The Morgan fingerprint density at radius 2 is 1.97 bits per heavy atom. The number of morpholine rings is 1. The highest BCUT2D eigenvalue weighted by molar-refractivity contribution is 7.91. The molecule has 4 rings (SSSR count). The molecule has 1 aromatic carbocycles. The number of thiazole rings is 1. The van der Waals surface area contributed by atoms with Crippen molar-refractivity contribution in [1.82, 2.24) is 9.29 Å². The summed E-state index contributed by atoms with van der Waals surface area (Å²) in [7, 11) is -2.04. The number of hydrogen-bond donors (Lipinski definition) is 1. The lowest BCUT2D eigenvalue weighted by atomic mass is 10.3. The van der Waals surface area contributed by atoms with Crippen molar-refractivity contribution in [3.05, 3.63) is 35.2 Å². The summed E-state index contributed by atoms with van der Waals surface area (Å²) in [6.45, 7) is 0.848. The first-order valence-electron chi connectivity index (χ1n) is 9.92. The Bertz CT molecular complexity index is 1260. The Morgan fingerprint density at radius 3 is 2.73 bits per heavy atom. The lowest BCUT2D eigenvalue weighted by Crippen LogP contribution is -2.40. The molecule has 0 bridgehead atoms. The van der Waals surface area contributed by atoms with E-state index in [9.17, 15) is 18.0 Å². The summed E-state index contributed by atoms with van der Waals surface area (Å²) in [5.41, 5.74) is 0.716. The van der Waals surface area contributed by atoms with E-state index in [0.717, 1.165) is 16.0 Å². The molecule has 1 fully saturated rings. The number of esters is 1. The molecule has 0 spiro atoms. The van der Waals surface area contributed by atoms with Crippen molar-refractivity contribution in [1.29, 1.82) is 0 Å². The molecule has 3 aromatic rings. The molecule has 0 aliphatic carbocycles. The number of methoxy groups -OCH3 is 1. The quantitative estimate of drug-likeness (QED) is 0.456. The van der Waals surface area contributed by atoms with Gasteiger partial charge in [0.25, 0.3) is 15.9 Å². The minimum absolute atomic E-state index is 0.127. The molecular weight excluding hydrogens is 490 g/mol. The standard InChI is InChI=1S/C20H21N3O7S3/c1-28-13-2-4-15-16(10-13)32-20(21-15)22-17(24)12-30-18(25)11-14-3-5-19(31-14)33(26,27)23-6-8-29-9-7-23/h2-5,10H,6-9,11-12H2,1H3,(H,21,22,24). The SMILES string of the molecule is COc1ccc2nc(NC(=O)COC(=O)Cc3ccc(S(=O)(=O)N4CCOCC4)s3)sc2c1. The molecule has 10 nitrogen and oxygen atoms in total. The minimum Gasteiger partial charge on any atom is -0.497 e. The Hall–Kier alpha value is -2.58. The number of sulfonamides is 1. The summed E-state index contributed by atoms with van der Waals surface area (Å²) in [5.74, 6) is -0.458. The van der Waals surface area contributed by atoms with Crippen LogP contribution in [0.2, 0.25) is 0 Å². The molecule has 0 atom stereocenters. The number of nitrogens with zero attached hydrogens (tertiary/aromatic N) is 2. The van der Waals surface area contributed by atoms with Crippen LogP contribution in [0, 0.1) is 0 Å². The van der Waals surface area contributed by atoms with Crippen LogP contribution < -0.4 is 10.1 Å². The Labute approximate surface area is 198 Å². The second kappa shape index (κ2) is 10.1. The van der Waals surface area contributed by atoms with Crippen LogP contribution >= 0.6 is 22.7 Å². The van der Waals surface area contributed by atoms with Gasteiger partial charge >= 0.3 is 5.97 Å². The van der Waals surface area contributed by atoms with Crippen LogP contribution in [0.3, 0.4) is 0 Å². The van der Waals surface area contributed by atoms with Crippen molar-refractivity contribution >= 4 is 59.9 Å². The number of fused-ring (bicyclic) bond motifs is 1. The van der Waals surface area contributed by atoms with Crippen molar-refractivity contribution < 1.29 is 32.2 Å². The maximum Gasteiger partial charge on any atom is 0.311 e. The van der Waals surface area contributed by atoms with Crippen molar-refractivity contribution in [2.24, 2.45) is 0 Å². The summed E-state index contributed by atoms with van der Waals surface area (Å²) in [5, 5.41) is 2.99. The largest absolute Gasteiger partial charge is 0.497 e. The van der Waals surface area contributed by atoms with E-state index >= 15 is 0 Å². The zero-order valence-electron chi connectivity index (χ0n) is 17.6. The van der Waals surface area contributed by atoms with E-state index in [1.165, 1.54) is 21.7 Å². The molecule has 1 amide bonds. The molecule has 33 heavy (non-hydrogen) atoms. The number of benzene rings is 1. The van der Waals surface area contributed by atoms with Gasteiger partial charge in [-0.1, -0.05) is 11.3 Å². The highest BCUT2D eigenvalue weighted by atomic mass is 32.2. The zero-order chi connectivity index (χ0) is 23.4. The molecule has 1 N–H and O–H groups in total. The zero-order valence-corrected chi connectivity index (χ0v) is 20.1. The van der Waals surface area contributed by atoms with E-state index in [4.69, 9.17) is 14.2 Å². The molecule has 1 aliphatic heterocycles. The summed E-state index contributed by atoms with van der Waals surface area (Å²) < 4.78 is 43.1. The molecule has 2 aromatic heterocycles. The van der Waals surface area contributed by atoms with Crippen LogP contribution in [0.15, 0.2) is 34.5 Å². The van der Waals surface area contributed by atoms with Gasteiger partial charge in [0.2, 0.25) is 0 Å². The number of anilines is 1. The normalized spacial score (nSPS) is 14.8. The highest BCUT2D eigenvalue weighted by Crippen LogP contribution is 2.29. The van der Waals surface area contributed by atoms with Crippen LogP contribution in [0.1, 0.15) is 4.88 Å². The number of nitrogens with one attached hydrogen (secondary N) is 1. The second-order valence-electron chi connectivity index (χ2n) is 6.98. The third kappa shape index (κ3) is 5.68. The third-order valence-electron chi connectivity index (χ3n) is 4.73. The van der Waals surface area contributed by atoms with Gasteiger partial charge in [-0.15, -0.1) is 11.3 Å². The lowest BCUT2D eigenvalue weighted by Gasteiger charge is -2.25. The van der Waals surface area contributed by atoms with Crippen LogP contribution in [-0.2, 0) is 35.5 Å². The third-order valence-corrected chi connectivity index (χ3v) is 9.11. The van der Waals surface area contributed by atoms with E-state index in [0.29, 0.717) is 47.6 Å². The van der Waals surface area contributed by atoms with Gasteiger partial charge in [-0.3, -0.25) is 14.9 Å². The number of aromatic nitrogens is 1. The summed E-state index contributed by atoms with van der Waals surface area (Å²) in [4.78, 5) is 29.1. The highest BCUT2D eigenvalue weighted by Gasteiger charge is 2.28. The fourth-order valence-electron chi connectivity index (χ4n) is 3.09. The smallest absolute Gasteiger partial charge is 0.311 e. The first-order valence-corrected chi connectivity index (χ1v) is 13.0. The number of rotatable bonds is 8. The van der Waals surface area contributed by atoms with Gasteiger partial charge in [-0.2, -0.15) is 4.31 Å². The van der Waals surface area contributed by atoms with Crippen LogP contribution in [0.5, 0.6) is 5.75 Å². The average Bonchev–Trinajstić information content (AvgIpc) is 3.44. The van der Waals surface area contributed by atoms with Crippen LogP contribution in [0.25, 0.3) is 10.2 Å². The Balaban J connectivity index is 1.28. The van der Waals surface area contributed by atoms with E-state index in [2.05, 4.69) is 10.3 Å². The predicted molar refractivity (Wildman–Crippen MR) is 123 cm³/mol. The molecule has 0 saturated carbocycles. The van der Waals surface area contributed by atoms with Gasteiger partial charge in [0.1, 0.15) is 9.96 Å². The van der Waals surface area contributed by atoms with E-state index in [1.54, 1.807) is 25.3 Å². The molecule has 176 valence electrons. The van der Waals surface area contributed by atoms with Crippen LogP contribution in [-0.4, -0.2) is 69.6 Å². The number of ether oxygens (including phenoxy) is 3. The van der Waals surface area contributed by atoms with Gasteiger partial charge in [0.05, 0.1) is 37.0 Å². The van der Waals surface area contributed by atoms with E-state index < -0.39 is 28.5 Å².